The Balaban J connectivity index is 1.63. The molecule has 9 heteroatoms. The summed E-state index contributed by atoms with van der Waals surface area (Å²) in [6.45, 7) is 1.45. The van der Waals surface area contributed by atoms with E-state index in [1.165, 1.54) is 6.07 Å². The van der Waals surface area contributed by atoms with E-state index in [9.17, 15) is 13.2 Å². The Morgan fingerprint density at radius 1 is 1.21 bits per heavy atom. The molecule has 3 rings (SSSR count). The van der Waals surface area contributed by atoms with Gasteiger partial charge >= 0.3 is 0 Å². The molecule has 28 heavy (non-hydrogen) atoms. The van der Waals surface area contributed by atoms with Gasteiger partial charge in [-0.05, 0) is 30.8 Å². The van der Waals surface area contributed by atoms with Crippen LogP contribution in [-0.2, 0) is 6.54 Å². The molecule has 0 aliphatic carbocycles. The predicted molar refractivity (Wildman–Crippen MR) is 108 cm³/mol. The molecular weight excluding hydrogens is 387 g/mol. The molecule has 1 aliphatic rings. The lowest BCUT2D eigenvalue weighted by Gasteiger charge is -2.20. The summed E-state index contributed by atoms with van der Waals surface area (Å²) in [6.07, 6.45) is 1.86. The zero-order valence-corrected chi connectivity index (χ0v) is 15.8. The van der Waals surface area contributed by atoms with Gasteiger partial charge in [0, 0.05) is 42.9 Å². The van der Waals surface area contributed by atoms with Crippen molar-refractivity contribution in [3.63, 3.8) is 0 Å². The van der Waals surface area contributed by atoms with Crippen LogP contribution in [0.25, 0.3) is 0 Å². The molecule has 0 amide bonds. The van der Waals surface area contributed by atoms with Crippen molar-refractivity contribution in [2.24, 2.45) is 10.8 Å². The van der Waals surface area contributed by atoms with Crippen LogP contribution >= 0.6 is 12.2 Å². The van der Waals surface area contributed by atoms with E-state index in [1.54, 1.807) is 23.1 Å². The molecule has 1 fully saturated rings. The normalized spacial score (nSPS) is 16.7. The minimum absolute atomic E-state index is 0.0153. The number of thiocarbonyl (C=S) groups is 1. The summed E-state index contributed by atoms with van der Waals surface area (Å²) in [7, 11) is 0. The highest BCUT2D eigenvalue weighted by Gasteiger charge is 2.25. The van der Waals surface area contributed by atoms with E-state index in [1.807, 2.05) is 0 Å². The third-order valence-electron chi connectivity index (χ3n) is 4.51. The number of hydrogen-bond acceptors (Lipinski definition) is 4. The Labute approximate surface area is 166 Å². The molecule has 5 nitrogen and oxygen atoms in total. The molecule has 0 saturated carbocycles. The van der Waals surface area contributed by atoms with Crippen LogP contribution in [0.3, 0.4) is 0 Å². The van der Waals surface area contributed by atoms with Crippen LogP contribution in [0.15, 0.2) is 41.5 Å². The van der Waals surface area contributed by atoms with Crippen molar-refractivity contribution in [1.29, 1.82) is 0 Å². The SMILES string of the molecule is NC(=S)NN=Cc1cc(F)c(N2CC[C@@H](NCc3ccccc3F)C2)cc1F. The van der Waals surface area contributed by atoms with E-state index < -0.39 is 11.6 Å². The summed E-state index contributed by atoms with van der Waals surface area (Å²) in [4.78, 5) is 1.77. The lowest BCUT2D eigenvalue weighted by molar-refractivity contribution is 0.529. The van der Waals surface area contributed by atoms with Crippen molar-refractivity contribution < 1.29 is 13.2 Å². The van der Waals surface area contributed by atoms with Crippen molar-refractivity contribution in [3.8, 4) is 0 Å². The number of benzene rings is 2. The van der Waals surface area contributed by atoms with Crippen LogP contribution < -0.4 is 21.4 Å². The number of anilines is 1. The Bertz CT molecular complexity index is 890. The number of rotatable bonds is 6. The van der Waals surface area contributed by atoms with E-state index in [2.05, 4.69) is 28.1 Å². The lowest BCUT2D eigenvalue weighted by Crippen LogP contribution is -2.32. The van der Waals surface area contributed by atoms with Crippen LogP contribution in [0.1, 0.15) is 17.5 Å². The van der Waals surface area contributed by atoms with Gasteiger partial charge in [-0.25, -0.2) is 13.2 Å². The molecule has 0 unspecified atom stereocenters. The first kappa shape index (κ1) is 20.1. The van der Waals surface area contributed by atoms with Gasteiger partial charge in [-0.2, -0.15) is 5.10 Å². The summed E-state index contributed by atoms with van der Waals surface area (Å²) in [5.74, 6) is -1.42. The summed E-state index contributed by atoms with van der Waals surface area (Å²) in [5, 5.41) is 6.84. The van der Waals surface area contributed by atoms with Gasteiger partial charge in [0.05, 0.1) is 11.9 Å². The quantitative estimate of drug-likeness (QED) is 0.390. The molecule has 2 aromatic rings. The van der Waals surface area contributed by atoms with Gasteiger partial charge < -0.3 is 16.0 Å². The third kappa shape index (κ3) is 4.99. The maximum absolute atomic E-state index is 14.5. The standard InChI is InChI=1S/C19H20F3N5S/c20-15-4-2-1-3-12(15)9-24-14-5-6-27(11-14)18-8-16(21)13(7-17(18)22)10-25-26-19(23)28/h1-4,7-8,10,14,24H,5-6,9,11H2,(H3,23,26,28)/t14-/m1/s1. The van der Waals surface area contributed by atoms with Crippen LogP contribution in [0.2, 0.25) is 0 Å². The van der Waals surface area contributed by atoms with E-state index >= 15 is 0 Å². The van der Waals surface area contributed by atoms with Gasteiger partial charge in [-0.15, -0.1) is 0 Å². The first-order chi connectivity index (χ1) is 13.4. The zero-order chi connectivity index (χ0) is 20.1. The van der Waals surface area contributed by atoms with Crippen LogP contribution in [-0.4, -0.2) is 30.5 Å². The molecule has 4 N–H and O–H groups in total. The minimum atomic E-state index is -0.604. The van der Waals surface area contributed by atoms with E-state index in [0.717, 1.165) is 24.8 Å². The first-order valence-corrected chi connectivity index (χ1v) is 9.14. The van der Waals surface area contributed by atoms with E-state index in [-0.39, 0.29) is 28.2 Å². The van der Waals surface area contributed by atoms with E-state index in [4.69, 9.17) is 5.73 Å². The fourth-order valence-corrected chi connectivity index (χ4v) is 3.15. The van der Waals surface area contributed by atoms with Crippen molar-refractivity contribution in [3.05, 3.63) is 65.0 Å². The summed E-state index contributed by atoms with van der Waals surface area (Å²) < 4.78 is 42.5. The molecule has 0 aromatic heterocycles. The molecule has 1 heterocycles. The zero-order valence-electron chi connectivity index (χ0n) is 15.0. The highest BCUT2D eigenvalue weighted by Crippen LogP contribution is 2.26. The number of nitrogens with two attached hydrogens (primary N) is 1. The fraction of sp³-hybridized carbons (Fsp3) is 0.263. The molecular formula is C19H20F3N5S. The molecule has 0 radical (unpaired) electrons. The Hall–Kier alpha value is -2.65. The third-order valence-corrected chi connectivity index (χ3v) is 4.60. The fourth-order valence-electron chi connectivity index (χ4n) is 3.10. The monoisotopic (exact) mass is 407 g/mol. The Kier molecular flexibility index (Phi) is 6.48. The molecule has 1 aliphatic heterocycles. The number of halogens is 3. The summed E-state index contributed by atoms with van der Waals surface area (Å²) in [6, 6.07) is 8.83. The number of nitrogens with one attached hydrogen (secondary N) is 2. The van der Waals surface area contributed by atoms with Crippen molar-refractivity contribution in [1.82, 2.24) is 10.7 Å². The average Bonchev–Trinajstić information content (AvgIpc) is 3.12. The molecule has 1 atom stereocenters. The van der Waals surface area contributed by atoms with E-state index in [0.29, 0.717) is 25.2 Å². The lowest BCUT2D eigenvalue weighted by atomic mass is 10.2. The highest BCUT2D eigenvalue weighted by atomic mass is 32.1. The van der Waals surface area contributed by atoms with Gasteiger partial charge in [-0.1, -0.05) is 18.2 Å². The Morgan fingerprint density at radius 3 is 2.75 bits per heavy atom. The van der Waals surface area contributed by atoms with Gasteiger partial charge in [0.2, 0.25) is 0 Å². The molecule has 1 saturated heterocycles. The largest absolute Gasteiger partial charge is 0.375 e. The van der Waals surface area contributed by atoms with Gasteiger partial charge in [0.25, 0.3) is 0 Å². The number of nitrogens with zero attached hydrogens (tertiary/aromatic N) is 2. The van der Waals surface area contributed by atoms with Gasteiger partial charge in [0.15, 0.2) is 5.11 Å². The number of hydrogen-bond donors (Lipinski definition) is 3. The van der Waals surface area contributed by atoms with Gasteiger partial charge in [-0.3, -0.25) is 5.43 Å². The predicted octanol–water partition coefficient (Wildman–Crippen LogP) is 2.64. The smallest absolute Gasteiger partial charge is 0.184 e. The van der Waals surface area contributed by atoms with Crippen molar-refractivity contribution in [2.45, 2.75) is 19.0 Å². The molecule has 0 spiro atoms. The van der Waals surface area contributed by atoms with Crippen LogP contribution in [0.4, 0.5) is 18.9 Å². The second-order valence-electron chi connectivity index (χ2n) is 6.46. The summed E-state index contributed by atoms with van der Waals surface area (Å²) >= 11 is 4.59. The topological polar surface area (TPSA) is 65.7 Å². The van der Waals surface area contributed by atoms with Crippen molar-refractivity contribution in [2.75, 3.05) is 18.0 Å². The maximum atomic E-state index is 14.5. The summed E-state index contributed by atoms with van der Waals surface area (Å²) in [5.41, 5.74) is 8.26. The molecule has 0 bridgehead atoms. The van der Waals surface area contributed by atoms with Gasteiger partial charge in [0.1, 0.15) is 17.5 Å². The first-order valence-electron chi connectivity index (χ1n) is 8.73. The number of hydrazone groups is 1. The second kappa shape index (κ2) is 9.03. The molecule has 2 aromatic carbocycles. The highest BCUT2D eigenvalue weighted by molar-refractivity contribution is 7.80. The average molecular weight is 407 g/mol. The molecule has 148 valence electrons. The maximum Gasteiger partial charge on any atom is 0.184 e. The second-order valence-corrected chi connectivity index (χ2v) is 6.90. The van der Waals surface area contributed by atoms with Crippen LogP contribution in [0, 0.1) is 17.5 Å². The Morgan fingerprint density at radius 2 is 2.00 bits per heavy atom. The van der Waals surface area contributed by atoms with Crippen molar-refractivity contribution >= 4 is 29.2 Å². The minimum Gasteiger partial charge on any atom is -0.375 e. The van der Waals surface area contributed by atoms with Crippen LogP contribution in [0.5, 0.6) is 0 Å².